The van der Waals surface area contributed by atoms with Crippen LogP contribution in [-0.4, -0.2) is 30.4 Å². The van der Waals surface area contributed by atoms with Crippen LogP contribution in [0.1, 0.15) is 6.92 Å². The molecule has 0 fully saturated rings. The smallest absolute Gasteiger partial charge is 0.237 e. The van der Waals surface area contributed by atoms with Gasteiger partial charge in [0, 0.05) is 6.54 Å². The van der Waals surface area contributed by atoms with E-state index in [1.807, 2.05) is 6.92 Å². The molecule has 0 unspecified atom stereocenters. The highest BCUT2D eigenvalue weighted by Crippen LogP contribution is 1.85. The van der Waals surface area contributed by atoms with Gasteiger partial charge in [-0.15, -0.1) is 6.42 Å². The van der Waals surface area contributed by atoms with Crippen LogP contribution < -0.4 is 5.73 Å². The van der Waals surface area contributed by atoms with Gasteiger partial charge in [0.05, 0.1) is 13.1 Å². The summed E-state index contributed by atoms with van der Waals surface area (Å²) < 4.78 is 0. The number of rotatable bonds is 3. The average molecular weight is 140 g/mol. The van der Waals surface area contributed by atoms with Gasteiger partial charge >= 0.3 is 0 Å². The van der Waals surface area contributed by atoms with Gasteiger partial charge in [-0.3, -0.25) is 4.79 Å². The molecule has 1 amide bonds. The molecule has 0 spiro atoms. The molecule has 0 aromatic rings. The van der Waals surface area contributed by atoms with Crippen molar-refractivity contribution >= 4 is 5.91 Å². The Kier molecular flexibility index (Phi) is 4.34. The zero-order valence-electron chi connectivity index (χ0n) is 6.13. The van der Waals surface area contributed by atoms with E-state index in [0.717, 1.165) is 0 Å². The predicted octanol–water partition coefficient (Wildman–Crippen LogP) is -0.573. The Balaban J connectivity index is 3.83. The molecular weight excluding hydrogens is 128 g/mol. The minimum Gasteiger partial charge on any atom is -0.331 e. The third-order valence-electron chi connectivity index (χ3n) is 1.19. The second kappa shape index (κ2) is 4.83. The maximum atomic E-state index is 10.8. The number of amides is 1. The Morgan fingerprint density at radius 2 is 2.40 bits per heavy atom. The van der Waals surface area contributed by atoms with E-state index in [1.165, 1.54) is 4.90 Å². The van der Waals surface area contributed by atoms with E-state index in [2.05, 4.69) is 5.92 Å². The predicted molar refractivity (Wildman–Crippen MR) is 40.1 cm³/mol. The molecule has 2 N–H and O–H groups in total. The summed E-state index contributed by atoms with van der Waals surface area (Å²) in [6.07, 6.45) is 5.01. The number of likely N-dealkylation sites (N-methyl/N-ethyl adjacent to an activating group) is 1. The van der Waals surface area contributed by atoms with Crippen LogP contribution >= 0.6 is 0 Å². The summed E-state index contributed by atoms with van der Waals surface area (Å²) in [4.78, 5) is 12.4. The highest BCUT2D eigenvalue weighted by molar-refractivity contribution is 5.78. The Morgan fingerprint density at radius 3 is 2.70 bits per heavy atom. The van der Waals surface area contributed by atoms with Gasteiger partial charge in [-0.05, 0) is 6.92 Å². The number of terminal acetylenes is 1. The summed E-state index contributed by atoms with van der Waals surface area (Å²) in [7, 11) is 0. The van der Waals surface area contributed by atoms with Crippen molar-refractivity contribution in [2.45, 2.75) is 6.92 Å². The lowest BCUT2D eigenvalue weighted by Gasteiger charge is -2.15. The molecule has 0 atom stereocenters. The van der Waals surface area contributed by atoms with E-state index in [-0.39, 0.29) is 12.5 Å². The zero-order chi connectivity index (χ0) is 7.98. The van der Waals surface area contributed by atoms with E-state index >= 15 is 0 Å². The fourth-order valence-electron chi connectivity index (χ4n) is 0.616. The van der Waals surface area contributed by atoms with Gasteiger partial charge in [-0.25, -0.2) is 0 Å². The van der Waals surface area contributed by atoms with Crippen LogP contribution in [0.15, 0.2) is 0 Å². The van der Waals surface area contributed by atoms with Crippen LogP contribution in [0, 0.1) is 12.3 Å². The minimum absolute atomic E-state index is 0.0372. The molecule has 0 aromatic carbocycles. The number of hydrogen-bond acceptors (Lipinski definition) is 2. The second-order valence-electron chi connectivity index (χ2n) is 1.82. The zero-order valence-corrected chi connectivity index (χ0v) is 6.13. The molecule has 0 bridgehead atoms. The van der Waals surface area contributed by atoms with E-state index in [9.17, 15) is 4.79 Å². The molecular formula is C7H12N2O. The molecule has 10 heavy (non-hydrogen) atoms. The van der Waals surface area contributed by atoms with E-state index in [4.69, 9.17) is 12.2 Å². The van der Waals surface area contributed by atoms with Crippen molar-refractivity contribution in [3.05, 3.63) is 0 Å². The topological polar surface area (TPSA) is 46.3 Å². The first-order valence-corrected chi connectivity index (χ1v) is 3.17. The lowest BCUT2D eigenvalue weighted by molar-refractivity contribution is -0.128. The van der Waals surface area contributed by atoms with Crippen LogP contribution in [0.5, 0.6) is 0 Å². The molecule has 0 heterocycles. The van der Waals surface area contributed by atoms with Crippen LogP contribution in [-0.2, 0) is 4.79 Å². The normalized spacial score (nSPS) is 8.50. The molecule has 0 aliphatic heterocycles. The summed E-state index contributed by atoms with van der Waals surface area (Å²) in [5, 5.41) is 0. The third-order valence-corrected chi connectivity index (χ3v) is 1.19. The largest absolute Gasteiger partial charge is 0.331 e. The van der Waals surface area contributed by atoms with Gasteiger partial charge in [0.25, 0.3) is 0 Å². The van der Waals surface area contributed by atoms with Crippen molar-refractivity contribution in [3.63, 3.8) is 0 Å². The molecule has 0 radical (unpaired) electrons. The Bertz CT molecular complexity index is 148. The molecule has 3 heteroatoms. The first kappa shape index (κ1) is 8.99. The number of hydrogen-bond donors (Lipinski definition) is 1. The highest BCUT2D eigenvalue weighted by Gasteiger charge is 2.05. The molecule has 3 nitrogen and oxygen atoms in total. The maximum absolute atomic E-state index is 10.8. The second-order valence-corrected chi connectivity index (χ2v) is 1.82. The molecule has 0 aromatic heterocycles. The molecule has 0 aliphatic rings. The van der Waals surface area contributed by atoms with Crippen molar-refractivity contribution in [2.75, 3.05) is 19.6 Å². The van der Waals surface area contributed by atoms with Crippen molar-refractivity contribution in [3.8, 4) is 12.3 Å². The van der Waals surface area contributed by atoms with Crippen molar-refractivity contribution in [2.24, 2.45) is 5.73 Å². The van der Waals surface area contributed by atoms with E-state index in [1.54, 1.807) is 0 Å². The number of carbonyl (C=O) groups is 1. The summed E-state index contributed by atoms with van der Waals surface area (Å²) in [6.45, 7) is 2.88. The Labute approximate surface area is 61.2 Å². The summed E-state index contributed by atoms with van der Waals surface area (Å²) >= 11 is 0. The van der Waals surface area contributed by atoms with Crippen LogP contribution in [0.4, 0.5) is 0 Å². The van der Waals surface area contributed by atoms with Crippen molar-refractivity contribution in [1.29, 1.82) is 0 Å². The van der Waals surface area contributed by atoms with Crippen molar-refractivity contribution < 1.29 is 4.79 Å². The molecule has 56 valence electrons. The maximum Gasteiger partial charge on any atom is 0.237 e. The Morgan fingerprint density at radius 1 is 1.80 bits per heavy atom. The van der Waals surface area contributed by atoms with Gasteiger partial charge in [0.2, 0.25) is 5.91 Å². The average Bonchev–Trinajstić information content (AvgIpc) is 1.99. The molecule has 0 saturated carbocycles. The van der Waals surface area contributed by atoms with Gasteiger partial charge in [-0.1, -0.05) is 5.92 Å². The third kappa shape index (κ3) is 2.51. The van der Waals surface area contributed by atoms with Gasteiger partial charge in [0.1, 0.15) is 0 Å². The first-order chi connectivity index (χ1) is 4.76. The minimum atomic E-state index is -0.0968. The van der Waals surface area contributed by atoms with Crippen LogP contribution in [0.3, 0.4) is 0 Å². The monoisotopic (exact) mass is 140 g/mol. The van der Waals surface area contributed by atoms with Gasteiger partial charge in [0.15, 0.2) is 0 Å². The molecule has 0 saturated heterocycles. The van der Waals surface area contributed by atoms with E-state index < -0.39 is 0 Å². The summed E-state index contributed by atoms with van der Waals surface area (Å²) in [5.41, 5.74) is 5.12. The lowest BCUT2D eigenvalue weighted by Crippen LogP contribution is -2.35. The Hall–Kier alpha value is -1.01. The van der Waals surface area contributed by atoms with Crippen molar-refractivity contribution in [1.82, 2.24) is 4.90 Å². The van der Waals surface area contributed by atoms with Gasteiger partial charge < -0.3 is 10.6 Å². The SMILES string of the molecule is C#CCN(CC)C(=O)CN. The van der Waals surface area contributed by atoms with Crippen LogP contribution in [0.25, 0.3) is 0 Å². The number of carbonyl (C=O) groups excluding carboxylic acids is 1. The number of nitrogens with zero attached hydrogens (tertiary/aromatic N) is 1. The molecule has 0 rings (SSSR count). The summed E-state index contributed by atoms with van der Waals surface area (Å²) in [5.74, 6) is 2.29. The van der Waals surface area contributed by atoms with Crippen LogP contribution in [0.2, 0.25) is 0 Å². The molecule has 0 aliphatic carbocycles. The van der Waals surface area contributed by atoms with E-state index in [0.29, 0.717) is 13.1 Å². The number of nitrogens with two attached hydrogens (primary N) is 1. The highest BCUT2D eigenvalue weighted by atomic mass is 16.2. The summed E-state index contributed by atoms with van der Waals surface area (Å²) in [6, 6.07) is 0. The lowest BCUT2D eigenvalue weighted by atomic mass is 10.4. The fraction of sp³-hybridized carbons (Fsp3) is 0.571. The standard InChI is InChI=1S/C7H12N2O/c1-3-5-9(4-2)7(10)6-8/h1H,4-6,8H2,2H3. The quantitative estimate of drug-likeness (QED) is 0.533. The fourth-order valence-corrected chi connectivity index (χ4v) is 0.616. The van der Waals surface area contributed by atoms with Gasteiger partial charge in [-0.2, -0.15) is 0 Å². The first-order valence-electron chi connectivity index (χ1n) is 3.17.